The van der Waals surface area contributed by atoms with Gasteiger partial charge >= 0.3 is 0 Å². The maximum atomic E-state index is 13.3. The van der Waals surface area contributed by atoms with E-state index in [9.17, 15) is 12.8 Å². The zero-order valence-corrected chi connectivity index (χ0v) is 11.0. The van der Waals surface area contributed by atoms with Crippen LogP contribution in [-0.2, 0) is 9.84 Å². The molecule has 2 aliphatic rings. The summed E-state index contributed by atoms with van der Waals surface area (Å²) in [7, 11) is -3.29. The van der Waals surface area contributed by atoms with Gasteiger partial charge in [0.2, 0.25) is 0 Å². The number of nitrogens with one attached hydrogen (secondary N) is 1. The lowest BCUT2D eigenvalue weighted by Crippen LogP contribution is -2.35. The molecule has 18 heavy (non-hydrogen) atoms. The maximum Gasteiger partial charge on any atom is 0.181 e. The van der Waals surface area contributed by atoms with Gasteiger partial charge in [-0.2, -0.15) is 0 Å². The number of hydrogen-bond donors (Lipinski definition) is 1. The molecule has 0 amide bonds. The van der Waals surface area contributed by atoms with Gasteiger partial charge in [0.1, 0.15) is 5.82 Å². The van der Waals surface area contributed by atoms with Gasteiger partial charge in [-0.1, -0.05) is 0 Å². The smallest absolute Gasteiger partial charge is 0.181 e. The van der Waals surface area contributed by atoms with Crippen molar-refractivity contribution in [3.8, 4) is 0 Å². The van der Waals surface area contributed by atoms with E-state index in [0.29, 0.717) is 22.9 Å². The van der Waals surface area contributed by atoms with Crippen LogP contribution in [0.3, 0.4) is 0 Å². The van der Waals surface area contributed by atoms with Crippen LogP contribution in [0.1, 0.15) is 37.8 Å². The average Bonchev–Trinajstić information content (AvgIpc) is 3.10. The Kier molecular flexibility index (Phi) is 2.71. The third kappa shape index (κ3) is 1.95. The molecule has 1 heterocycles. The predicted octanol–water partition coefficient (Wildman–Crippen LogP) is 2.18. The van der Waals surface area contributed by atoms with Crippen LogP contribution in [0, 0.1) is 5.82 Å². The van der Waals surface area contributed by atoms with Crippen LogP contribution in [0.15, 0.2) is 23.1 Å². The highest BCUT2D eigenvalue weighted by molar-refractivity contribution is 7.92. The zero-order valence-electron chi connectivity index (χ0n) is 10.2. The number of fused-ring (bicyclic) bond motifs is 1. The van der Waals surface area contributed by atoms with Crippen LogP contribution in [0.5, 0.6) is 0 Å². The molecule has 3 rings (SSSR count). The largest absolute Gasteiger partial charge is 0.307 e. The normalized spacial score (nSPS) is 29.9. The Morgan fingerprint density at radius 3 is 2.72 bits per heavy atom. The van der Waals surface area contributed by atoms with Crippen LogP contribution in [0.4, 0.5) is 4.39 Å². The van der Waals surface area contributed by atoms with Crippen LogP contribution >= 0.6 is 0 Å². The Bertz CT molecular complexity index is 581. The first kappa shape index (κ1) is 12.1. The van der Waals surface area contributed by atoms with Gasteiger partial charge < -0.3 is 5.32 Å². The van der Waals surface area contributed by atoms with Crippen molar-refractivity contribution in [3.05, 3.63) is 29.6 Å². The highest BCUT2D eigenvalue weighted by atomic mass is 32.2. The molecule has 0 saturated heterocycles. The second kappa shape index (κ2) is 4.03. The lowest BCUT2D eigenvalue weighted by Gasteiger charge is -2.30. The SMILES string of the molecule is CC1CC(NC2CC2)c2cc(F)ccc2S1(=O)=O. The van der Waals surface area contributed by atoms with Crippen LogP contribution in [0.2, 0.25) is 0 Å². The Morgan fingerprint density at radius 1 is 1.33 bits per heavy atom. The zero-order chi connectivity index (χ0) is 12.9. The Morgan fingerprint density at radius 2 is 2.06 bits per heavy atom. The van der Waals surface area contributed by atoms with Gasteiger partial charge in [-0.25, -0.2) is 12.8 Å². The molecule has 1 saturated carbocycles. The topological polar surface area (TPSA) is 46.2 Å². The van der Waals surface area contributed by atoms with E-state index in [0.717, 1.165) is 12.8 Å². The first-order chi connectivity index (χ1) is 8.48. The fourth-order valence-electron chi connectivity index (χ4n) is 2.55. The molecule has 1 fully saturated rings. The number of hydrogen-bond acceptors (Lipinski definition) is 3. The monoisotopic (exact) mass is 269 g/mol. The summed E-state index contributed by atoms with van der Waals surface area (Å²) >= 11 is 0. The molecule has 98 valence electrons. The molecule has 0 bridgehead atoms. The highest BCUT2D eigenvalue weighted by Crippen LogP contribution is 2.38. The predicted molar refractivity (Wildman–Crippen MR) is 66.6 cm³/mol. The maximum absolute atomic E-state index is 13.3. The number of sulfone groups is 1. The first-order valence-electron chi connectivity index (χ1n) is 6.28. The fraction of sp³-hybridized carbons (Fsp3) is 0.538. The molecule has 5 heteroatoms. The summed E-state index contributed by atoms with van der Waals surface area (Å²) < 4.78 is 37.8. The number of benzene rings is 1. The summed E-state index contributed by atoms with van der Waals surface area (Å²) in [6.07, 6.45) is 2.78. The molecule has 1 N–H and O–H groups in total. The minimum absolute atomic E-state index is 0.0401. The van der Waals surface area contributed by atoms with E-state index < -0.39 is 15.1 Å². The first-order valence-corrected chi connectivity index (χ1v) is 7.82. The van der Waals surface area contributed by atoms with Crippen molar-refractivity contribution in [3.63, 3.8) is 0 Å². The summed E-state index contributed by atoms with van der Waals surface area (Å²) in [5, 5.41) is 3.00. The van der Waals surface area contributed by atoms with Gasteiger partial charge in [0.15, 0.2) is 9.84 Å². The summed E-state index contributed by atoms with van der Waals surface area (Å²) in [6, 6.07) is 4.42. The van der Waals surface area contributed by atoms with Gasteiger partial charge in [-0.3, -0.25) is 0 Å². The summed E-state index contributed by atoms with van der Waals surface area (Å²) in [5.74, 6) is -0.374. The van der Waals surface area contributed by atoms with Gasteiger partial charge in [-0.15, -0.1) is 0 Å². The Labute approximate surface area is 106 Å². The van der Waals surface area contributed by atoms with E-state index in [1.54, 1.807) is 6.92 Å². The van der Waals surface area contributed by atoms with E-state index in [4.69, 9.17) is 0 Å². The minimum Gasteiger partial charge on any atom is -0.307 e. The van der Waals surface area contributed by atoms with Crippen molar-refractivity contribution in [1.82, 2.24) is 5.32 Å². The van der Waals surface area contributed by atoms with Crippen molar-refractivity contribution < 1.29 is 12.8 Å². The lowest BCUT2D eigenvalue weighted by atomic mass is 10.0. The summed E-state index contributed by atoms with van der Waals surface area (Å²) in [5.41, 5.74) is 0.597. The van der Waals surface area contributed by atoms with Gasteiger partial charge in [0.25, 0.3) is 0 Å². The van der Waals surface area contributed by atoms with Gasteiger partial charge in [0, 0.05) is 12.1 Å². The fourth-order valence-corrected chi connectivity index (χ4v) is 4.21. The minimum atomic E-state index is -3.29. The molecule has 3 nitrogen and oxygen atoms in total. The number of halogens is 1. The molecule has 1 aliphatic heterocycles. The summed E-state index contributed by atoms with van der Waals surface area (Å²) in [4.78, 5) is 0.292. The van der Waals surface area contributed by atoms with Crippen molar-refractivity contribution in [2.24, 2.45) is 0 Å². The molecular formula is C13H16FNO2S. The third-order valence-electron chi connectivity index (χ3n) is 3.77. The molecule has 0 radical (unpaired) electrons. The number of rotatable bonds is 2. The van der Waals surface area contributed by atoms with E-state index in [1.807, 2.05) is 0 Å². The quantitative estimate of drug-likeness (QED) is 0.837. The van der Waals surface area contributed by atoms with Crippen molar-refractivity contribution in [2.75, 3.05) is 0 Å². The second-order valence-corrected chi connectivity index (χ2v) is 7.60. The Balaban J connectivity index is 2.08. The van der Waals surface area contributed by atoms with Crippen LogP contribution in [0.25, 0.3) is 0 Å². The molecule has 2 unspecified atom stereocenters. The molecule has 1 aromatic carbocycles. The highest BCUT2D eigenvalue weighted by Gasteiger charge is 2.38. The van der Waals surface area contributed by atoms with Crippen LogP contribution in [-0.4, -0.2) is 19.7 Å². The van der Waals surface area contributed by atoms with E-state index in [1.165, 1.54) is 18.2 Å². The molecule has 0 aromatic heterocycles. The van der Waals surface area contributed by atoms with Gasteiger partial charge in [-0.05, 0) is 49.9 Å². The molecule has 1 aromatic rings. The van der Waals surface area contributed by atoms with E-state index in [2.05, 4.69) is 5.32 Å². The molecule has 0 spiro atoms. The third-order valence-corrected chi connectivity index (χ3v) is 6.00. The average molecular weight is 269 g/mol. The molecular weight excluding hydrogens is 253 g/mol. The van der Waals surface area contributed by atoms with Crippen LogP contribution < -0.4 is 5.32 Å². The van der Waals surface area contributed by atoms with E-state index in [-0.39, 0.29) is 11.9 Å². The van der Waals surface area contributed by atoms with Crippen molar-refractivity contribution in [2.45, 2.75) is 48.4 Å². The molecule has 1 aliphatic carbocycles. The molecule has 2 atom stereocenters. The lowest BCUT2D eigenvalue weighted by molar-refractivity contribution is 0.457. The standard InChI is InChI=1S/C13H16FNO2S/c1-8-6-12(15-10-3-4-10)11-7-9(14)2-5-13(11)18(8,16)17/h2,5,7-8,10,12,15H,3-4,6H2,1H3. The summed E-state index contributed by atoms with van der Waals surface area (Å²) in [6.45, 7) is 1.73. The van der Waals surface area contributed by atoms with Crippen molar-refractivity contribution in [1.29, 1.82) is 0 Å². The van der Waals surface area contributed by atoms with Crippen molar-refractivity contribution >= 4 is 9.84 Å². The van der Waals surface area contributed by atoms with Gasteiger partial charge in [0.05, 0.1) is 10.1 Å². The Hall–Kier alpha value is -0.940. The second-order valence-electron chi connectivity index (χ2n) is 5.27. The van der Waals surface area contributed by atoms with E-state index >= 15 is 0 Å².